The van der Waals surface area contributed by atoms with Crippen LogP contribution in [0.4, 0.5) is 5.69 Å². The van der Waals surface area contributed by atoms with Crippen LogP contribution < -0.4 is 10.5 Å². The fourth-order valence-corrected chi connectivity index (χ4v) is 3.96. The number of carbonyl (C=O) groups excluding carboxylic acids is 1. The fourth-order valence-electron chi connectivity index (χ4n) is 3.96. The average molecular weight is 402 g/mol. The van der Waals surface area contributed by atoms with Crippen LogP contribution in [0.15, 0.2) is 40.8 Å². The standard InChI is InChI=1S/C25H27N3O2/c1-5-28-23-11-7-10-20(15-22(23)21(16-24(28)29)17-12-13-17)27(4)25(30)18-8-6-9-19(14-18)26(2)3/h6,8-9,14-17H,5,11-13H2,1-4H3. The van der Waals surface area contributed by atoms with Crippen LogP contribution in [0.3, 0.4) is 0 Å². The summed E-state index contributed by atoms with van der Waals surface area (Å²) in [5.41, 5.74) is 5.41. The van der Waals surface area contributed by atoms with Crippen LogP contribution in [0.5, 0.6) is 0 Å². The van der Waals surface area contributed by atoms with E-state index in [2.05, 4.69) is 11.8 Å². The van der Waals surface area contributed by atoms with Gasteiger partial charge in [0.2, 0.25) is 0 Å². The number of nitrogens with zero attached hydrogens (tertiary/aromatic N) is 3. The predicted octanol–water partition coefficient (Wildman–Crippen LogP) is 3.48. The second-order valence-corrected chi connectivity index (χ2v) is 8.13. The molecule has 0 aliphatic heterocycles. The van der Waals surface area contributed by atoms with Crippen LogP contribution in [0.1, 0.15) is 52.9 Å². The number of amides is 1. The lowest BCUT2D eigenvalue weighted by molar-refractivity contribution is 0.0843. The van der Waals surface area contributed by atoms with E-state index in [-0.39, 0.29) is 11.5 Å². The van der Waals surface area contributed by atoms with Crippen LogP contribution in [-0.4, -0.2) is 36.5 Å². The SMILES string of the molecule is CCn1c2c(c(C3CC3)cc1=O)C=C(N(C)C(=O)c1cccc(N(C)C)c1)C#CC2. The van der Waals surface area contributed by atoms with Crippen molar-refractivity contribution in [3.63, 3.8) is 0 Å². The minimum Gasteiger partial charge on any atom is -0.378 e. The van der Waals surface area contributed by atoms with Gasteiger partial charge in [-0.25, -0.2) is 0 Å². The zero-order chi connectivity index (χ0) is 21.4. The Morgan fingerprint density at radius 2 is 1.97 bits per heavy atom. The Morgan fingerprint density at radius 3 is 2.63 bits per heavy atom. The van der Waals surface area contributed by atoms with Gasteiger partial charge >= 0.3 is 0 Å². The molecular formula is C25H27N3O2. The minimum atomic E-state index is -0.0977. The molecule has 1 aromatic carbocycles. The van der Waals surface area contributed by atoms with Gasteiger partial charge in [0.05, 0.1) is 12.1 Å². The largest absolute Gasteiger partial charge is 0.378 e. The normalized spacial score (nSPS) is 14.7. The minimum absolute atomic E-state index is 0.0433. The van der Waals surface area contributed by atoms with Crippen LogP contribution in [0.25, 0.3) is 6.08 Å². The van der Waals surface area contributed by atoms with Gasteiger partial charge in [0, 0.05) is 56.3 Å². The molecule has 0 bridgehead atoms. The molecule has 0 unspecified atom stereocenters. The van der Waals surface area contributed by atoms with Crippen molar-refractivity contribution in [2.24, 2.45) is 0 Å². The molecule has 1 heterocycles. The van der Waals surface area contributed by atoms with Gasteiger partial charge in [-0.2, -0.15) is 0 Å². The Labute approximate surface area is 177 Å². The van der Waals surface area contributed by atoms with Crippen molar-refractivity contribution in [1.29, 1.82) is 0 Å². The molecule has 0 atom stereocenters. The molecule has 1 aromatic heterocycles. The summed E-state index contributed by atoms with van der Waals surface area (Å²) in [7, 11) is 5.68. The lowest BCUT2D eigenvalue weighted by atomic mass is 10.00. The molecular weight excluding hydrogens is 374 g/mol. The highest BCUT2D eigenvalue weighted by Crippen LogP contribution is 2.42. The number of carbonyl (C=O) groups is 1. The molecule has 0 radical (unpaired) electrons. The highest BCUT2D eigenvalue weighted by molar-refractivity contribution is 5.97. The van der Waals surface area contributed by atoms with Crippen LogP contribution in [0, 0.1) is 11.8 Å². The van der Waals surface area contributed by atoms with E-state index in [4.69, 9.17) is 0 Å². The van der Waals surface area contributed by atoms with Gasteiger partial charge in [-0.3, -0.25) is 9.59 Å². The third kappa shape index (κ3) is 3.66. The van der Waals surface area contributed by atoms with Gasteiger partial charge in [0.15, 0.2) is 0 Å². The number of allylic oxidation sites excluding steroid dienone is 1. The number of anilines is 1. The number of hydrogen-bond donors (Lipinski definition) is 0. The van der Waals surface area contributed by atoms with E-state index in [1.54, 1.807) is 22.6 Å². The Kier molecular flexibility index (Phi) is 5.26. The molecule has 30 heavy (non-hydrogen) atoms. The van der Waals surface area contributed by atoms with Crippen molar-refractivity contribution in [3.8, 4) is 11.8 Å². The topological polar surface area (TPSA) is 45.6 Å². The Balaban J connectivity index is 1.76. The molecule has 154 valence electrons. The van der Waals surface area contributed by atoms with E-state index in [1.807, 2.05) is 56.3 Å². The van der Waals surface area contributed by atoms with E-state index in [0.717, 1.165) is 35.3 Å². The zero-order valence-corrected chi connectivity index (χ0v) is 18.0. The van der Waals surface area contributed by atoms with E-state index in [1.165, 1.54) is 0 Å². The summed E-state index contributed by atoms with van der Waals surface area (Å²) in [5.74, 6) is 6.68. The first-order valence-corrected chi connectivity index (χ1v) is 10.4. The molecule has 5 heteroatoms. The summed E-state index contributed by atoms with van der Waals surface area (Å²) in [6, 6.07) is 9.37. The van der Waals surface area contributed by atoms with E-state index in [9.17, 15) is 9.59 Å². The first kappa shape index (κ1) is 20.0. The monoisotopic (exact) mass is 401 g/mol. The lowest BCUT2D eigenvalue weighted by Gasteiger charge is -2.20. The summed E-state index contributed by atoms with van der Waals surface area (Å²) in [6.07, 6.45) is 4.73. The average Bonchev–Trinajstić information content (AvgIpc) is 3.59. The molecule has 2 aliphatic rings. The molecule has 0 spiro atoms. The van der Waals surface area contributed by atoms with Crippen LogP contribution in [0.2, 0.25) is 0 Å². The molecule has 0 saturated heterocycles. The zero-order valence-electron chi connectivity index (χ0n) is 18.0. The van der Waals surface area contributed by atoms with E-state index >= 15 is 0 Å². The second kappa shape index (κ2) is 7.87. The van der Waals surface area contributed by atoms with Crippen molar-refractivity contribution in [1.82, 2.24) is 9.47 Å². The highest BCUT2D eigenvalue weighted by Gasteiger charge is 2.29. The van der Waals surface area contributed by atoms with Gasteiger partial charge in [-0.15, -0.1) is 0 Å². The molecule has 1 saturated carbocycles. The maximum absolute atomic E-state index is 13.2. The number of rotatable bonds is 5. The third-order valence-electron chi connectivity index (χ3n) is 5.85. The van der Waals surface area contributed by atoms with Crippen molar-refractivity contribution in [2.45, 2.75) is 38.6 Å². The lowest BCUT2D eigenvalue weighted by Crippen LogP contribution is -2.26. The van der Waals surface area contributed by atoms with Gasteiger partial charge in [-0.05, 0) is 61.4 Å². The quantitative estimate of drug-likeness (QED) is 0.721. The molecule has 1 amide bonds. The fraction of sp³-hybridized carbons (Fsp3) is 0.360. The first-order chi connectivity index (χ1) is 14.4. The van der Waals surface area contributed by atoms with Gasteiger partial charge < -0.3 is 14.4 Å². The molecule has 5 nitrogen and oxygen atoms in total. The van der Waals surface area contributed by atoms with Gasteiger partial charge in [0.1, 0.15) is 0 Å². The number of fused-ring (bicyclic) bond motifs is 1. The number of hydrogen-bond acceptors (Lipinski definition) is 3. The Morgan fingerprint density at radius 1 is 1.20 bits per heavy atom. The van der Waals surface area contributed by atoms with Crippen LogP contribution >= 0.6 is 0 Å². The van der Waals surface area contributed by atoms with Gasteiger partial charge in [-0.1, -0.05) is 12.0 Å². The summed E-state index contributed by atoms with van der Waals surface area (Å²) in [5, 5.41) is 0. The second-order valence-electron chi connectivity index (χ2n) is 8.13. The molecule has 0 N–H and O–H groups in total. The van der Waals surface area contributed by atoms with E-state index in [0.29, 0.717) is 30.1 Å². The van der Waals surface area contributed by atoms with Crippen molar-refractivity contribution >= 4 is 17.7 Å². The highest BCUT2D eigenvalue weighted by atomic mass is 16.2. The molecule has 2 aliphatic carbocycles. The number of pyridine rings is 1. The Hall–Kier alpha value is -3.26. The smallest absolute Gasteiger partial charge is 0.258 e. The summed E-state index contributed by atoms with van der Waals surface area (Å²) in [4.78, 5) is 29.4. The number of aromatic nitrogens is 1. The predicted molar refractivity (Wildman–Crippen MR) is 121 cm³/mol. The third-order valence-corrected chi connectivity index (χ3v) is 5.85. The molecule has 1 fully saturated rings. The van der Waals surface area contributed by atoms with Crippen molar-refractivity contribution in [3.05, 3.63) is 68.8 Å². The number of benzene rings is 1. The summed E-state index contributed by atoms with van der Waals surface area (Å²) < 4.78 is 1.80. The summed E-state index contributed by atoms with van der Waals surface area (Å²) >= 11 is 0. The van der Waals surface area contributed by atoms with Crippen molar-refractivity contribution in [2.75, 3.05) is 26.0 Å². The van der Waals surface area contributed by atoms with E-state index < -0.39 is 0 Å². The Bertz CT molecular complexity index is 1160. The van der Waals surface area contributed by atoms with Crippen molar-refractivity contribution < 1.29 is 4.79 Å². The summed E-state index contributed by atoms with van der Waals surface area (Å²) in [6.45, 7) is 2.60. The molecule has 2 aromatic rings. The first-order valence-electron chi connectivity index (χ1n) is 10.4. The van der Waals surface area contributed by atoms with Gasteiger partial charge in [0.25, 0.3) is 11.5 Å². The molecule has 4 rings (SSSR count). The maximum Gasteiger partial charge on any atom is 0.258 e. The van der Waals surface area contributed by atoms with Crippen LogP contribution in [-0.2, 0) is 13.0 Å². The maximum atomic E-state index is 13.2.